The summed E-state index contributed by atoms with van der Waals surface area (Å²) < 4.78 is 4.78. The van der Waals surface area contributed by atoms with Gasteiger partial charge in [0.05, 0.1) is 0 Å². The summed E-state index contributed by atoms with van der Waals surface area (Å²) in [5.41, 5.74) is 3.68. The minimum atomic E-state index is -1.04. The van der Waals surface area contributed by atoms with Gasteiger partial charge < -0.3 is 9.84 Å². The third-order valence-electron chi connectivity index (χ3n) is 5.65. The molecular formula is C20H30O3. The van der Waals surface area contributed by atoms with Crippen molar-refractivity contribution in [2.45, 2.75) is 72.0 Å². The second kappa shape index (κ2) is 7.48. The summed E-state index contributed by atoms with van der Waals surface area (Å²) in [5.74, 6) is 0.207. The minimum Gasteiger partial charge on any atom is -0.429 e. The maximum absolute atomic E-state index is 11.2. The van der Waals surface area contributed by atoms with E-state index < -0.39 is 12.3 Å². The SMILES string of the molecule is C=C(C)CCC/C=C1/CC[C@@H](C)[C@@]1(C)CCC1=CC(=O)OC1O. The number of esters is 1. The number of hydrogen-bond acceptors (Lipinski definition) is 3. The number of carbonyl (C=O) groups is 1. The zero-order chi connectivity index (χ0) is 17.0. The van der Waals surface area contributed by atoms with Crippen LogP contribution in [0.3, 0.4) is 0 Å². The second-order valence-electron chi connectivity index (χ2n) is 7.44. The first kappa shape index (κ1) is 18.0. The Bertz CT molecular complexity index is 529. The molecule has 0 bridgehead atoms. The van der Waals surface area contributed by atoms with Gasteiger partial charge in [0.15, 0.2) is 0 Å². The minimum absolute atomic E-state index is 0.162. The van der Waals surface area contributed by atoms with Gasteiger partial charge in [0.25, 0.3) is 0 Å². The van der Waals surface area contributed by atoms with E-state index in [9.17, 15) is 9.90 Å². The highest BCUT2D eigenvalue weighted by Gasteiger charge is 2.40. The van der Waals surface area contributed by atoms with Crippen LogP contribution in [-0.2, 0) is 9.53 Å². The molecule has 1 aliphatic heterocycles. The van der Waals surface area contributed by atoms with E-state index in [0.29, 0.717) is 5.92 Å². The molecule has 0 aromatic rings. The number of rotatable bonds is 7. The van der Waals surface area contributed by atoms with Crippen molar-refractivity contribution in [3.63, 3.8) is 0 Å². The summed E-state index contributed by atoms with van der Waals surface area (Å²) >= 11 is 0. The Morgan fingerprint density at radius 2 is 2.30 bits per heavy atom. The van der Waals surface area contributed by atoms with Crippen molar-refractivity contribution in [1.82, 2.24) is 0 Å². The van der Waals surface area contributed by atoms with Gasteiger partial charge in [-0.1, -0.05) is 31.1 Å². The third-order valence-corrected chi connectivity index (χ3v) is 5.65. The van der Waals surface area contributed by atoms with Gasteiger partial charge in [-0.3, -0.25) is 0 Å². The lowest BCUT2D eigenvalue weighted by Gasteiger charge is -2.32. The van der Waals surface area contributed by atoms with Crippen molar-refractivity contribution in [2.75, 3.05) is 0 Å². The third kappa shape index (κ3) is 4.35. The molecule has 0 radical (unpaired) electrons. The molecule has 0 aromatic heterocycles. The highest BCUT2D eigenvalue weighted by molar-refractivity contribution is 5.85. The molecular weight excluding hydrogens is 288 g/mol. The van der Waals surface area contributed by atoms with Gasteiger partial charge in [0, 0.05) is 11.6 Å². The summed E-state index contributed by atoms with van der Waals surface area (Å²) in [5, 5.41) is 9.74. The van der Waals surface area contributed by atoms with E-state index in [0.717, 1.165) is 37.7 Å². The Kier molecular flexibility index (Phi) is 5.85. The van der Waals surface area contributed by atoms with Gasteiger partial charge in [-0.25, -0.2) is 4.79 Å². The van der Waals surface area contributed by atoms with E-state index in [2.05, 4.69) is 33.4 Å². The van der Waals surface area contributed by atoms with Crippen LogP contribution in [0.25, 0.3) is 0 Å². The summed E-state index contributed by atoms with van der Waals surface area (Å²) in [6, 6.07) is 0. The van der Waals surface area contributed by atoms with Gasteiger partial charge in [-0.05, 0) is 63.2 Å². The predicted octanol–water partition coefficient (Wildman–Crippen LogP) is 4.68. The molecule has 0 amide bonds. The van der Waals surface area contributed by atoms with E-state index >= 15 is 0 Å². The van der Waals surface area contributed by atoms with Crippen molar-refractivity contribution < 1.29 is 14.6 Å². The van der Waals surface area contributed by atoms with Gasteiger partial charge in [0.2, 0.25) is 6.29 Å². The highest BCUT2D eigenvalue weighted by atomic mass is 16.6. The number of ether oxygens (including phenoxy) is 1. The van der Waals surface area contributed by atoms with Crippen LogP contribution >= 0.6 is 0 Å². The van der Waals surface area contributed by atoms with Crippen LogP contribution in [0, 0.1) is 11.3 Å². The lowest BCUT2D eigenvalue weighted by molar-refractivity contribution is -0.151. The highest BCUT2D eigenvalue weighted by Crippen LogP contribution is 2.51. The largest absolute Gasteiger partial charge is 0.429 e. The molecule has 2 aliphatic rings. The lowest BCUT2D eigenvalue weighted by Crippen LogP contribution is -2.22. The molecule has 0 aromatic carbocycles. The molecule has 23 heavy (non-hydrogen) atoms. The molecule has 1 fully saturated rings. The van der Waals surface area contributed by atoms with Crippen LogP contribution in [-0.4, -0.2) is 17.4 Å². The zero-order valence-corrected chi connectivity index (χ0v) is 14.7. The molecule has 1 N–H and O–H groups in total. The zero-order valence-electron chi connectivity index (χ0n) is 14.7. The van der Waals surface area contributed by atoms with Gasteiger partial charge in [-0.2, -0.15) is 0 Å². The number of aliphatic hydroxyl groups excluding tert-OH is 1. The first-order valence-corrected chi connectivity index (χ1v) is 8.76. The smallest absolute Gasteiger partial charge is 0.333 e. The Hall–Kier alpha value is -1.35. The normalized spacial score (nSPS) is 32.3. The number of unbranched alkanes of at least 4 members (excludes halogenated alkanes) is 1. The van der Waals surface area contributed by atoms with Crippen molar-refractivity contribution in [1.29, 1.82) is 0 Å². The van der Waals surface area contributed by atoms with Crippen LogP contribution in [0.2, 0.25) is 0 Å². The quantitative estimate of drug-likeness (QED) is 0.421. The molecule has 1 unspecified atom stereocenters. The molecule has 0 spiro atoms. The van der Waals surface area contributed by atoms with Crippen LogP contribution in [0.15, 0.2) is 35.5 Å². The molecule has 0 saturated heterocycles. The van der Waals surface area contributed by atoms with Crippen LogP contribution in [0.5, 0.6) is 0 Å². The van der Waals surface area contributed by atoms with Crippen molar-refractivity contribution in [3.8, 4) is 0 Å². The number of cyclic esters (lactones) is 1. The first-order valence-electron chi connectivity index (χ1n) is 8.76. The standard InChI is InChI=1S/C20H30O3/c1-14(2)7-5-6-8-17-10-9-15(3)20(17,4)12-11-16-13-18(21)23-19(16)22/h8,13,15,19,22H,1,5-7,9-12H2,2-4H3/b17-8-/t15-,19?,20-/m1/s1. The Balaban J connectivity index is 1.98. The van der Waals surface area contributed by atoms with Gasteiger partial charge in [0.1, 0.15) is 0 Å². The number of hydrogen-bond donors (Lipinski definition) is 1. The Morgan fingerprint density at radius 1 is 1.57 bits per heavy atom. The molecule has 1 heterocycles. The molecule has 128 valence electrons. The fourth-order valence-electron chi connectivity index (χ4n) is 3.76. The number of aliphatic hydroxyl groups is 1. The molecule has 1 saturated carbocycles. The molecule has 2 rings (SSSR count). The van der Waals surface area contributed by atoms with Crippen LogP contribution in [0.1, 0.15) is 65.7 Å². The van der Waals surface area contributed by atoms with Crippen LogP contribution in [0.4, 0.5) is 0 Å². The van der Waals surface area contributed by atoms with E-state index in [1.807, 2.05) is 0 Å². The summed E-state index contributed by atoms with van der Waals surface area (Å²) in [6.45, 7) is 10.7. The Labute approximate surface area is 140 Å². The Morgan fingerprint density at radius 3 is 2.91 bits per heavy atom. The summed E-state index contributed by atoms with van der Waals surface area (Å²) in [4.78, 5) is 11.2. The number of carbonyl (C=O) groups excluding carboxylic acids is 1. The topological polar surface area (TPSA) is 46.5 Å². The van der Waals surface area contributed by atoms with Crippen molar-refractivity contribution >= 4 is 5.97 Å². The summed E-state index contributed by atoms with van der Waals surface area (Å²) in [7, 11) is 0. The number of allylic oxidation sites excluding steroid dienone is 3. The lowest BCUT2D eigenvalue weighted by atomic mass is 9.73. The average Bonchev–Trinajstić information content (AvgIpc) is 2.94. The van der Waals surface area contributed by atoms with E-state index in [-0.39, 0.29) is 5.41 Å². The second-order valence-corrected chi connectivity index (χ2v) is 7.44. The average molecular weight is 318 g/mol. The maximum atomic E-state index is 11.2. The van der Waals surface area contributed by atoms with E-state index in [1.54, 1.807) is 5.57 Å². The molecule has 3 atom stereocenters. The monoisotopic (exact) mass is 318 g/mol. The molecule has 1 aliphatic carbocycles. The van der Waals surface area contributed by atoms with E-state index in [1.165, 1.54) is 24.5 Å². The molecule has 3 nitrogen and oxygen atoms in total. The van der Waals surface area contributed by atoms with Gasteiger partial charge >= 0.3 is 5.97 Å². The first-order chi connectivity index (χ1) is 10.8. The maximum Gasteiger partial charge on any atom is 0.333 e. The molecule has 3 heteroatoms. The van der Waals surface area contributed by atoms with Crippen molar-refractivity contribution in [2.24, 2.45) is 11.3 Å². The summed E-state index contributed by atoms with van der Waals surface area (Å²) in [6.07, 6.45) is 10.3. The van der Waals surface area contributed by atoms with Crippen molar-refractivity contribution in [3.05, 3.63) is 35.5 Å². The van der Waals surface area contributed by atoms with Gasteiger partial charge in [-0.15, -0.1) is 6.58 Å². The fraction of sp³-hybridized carbons (Fsp3) is 0.650. The predicted molar refractivity (Wildman–Crippen MR) is 92.7 cm³/mol. The van der Waals surface area contributed by atoms with E-state index in [4.69, 9.17) is 4.74 Å². The fourth-order valence-corrected chi connectivity index (χ4v) is 3.76. The van der Waals surface area contributed by atoms with Crippen LogP contribution < -0.4 is 0 Å².